The van der Waals surface area contributed by atoms with Gasteiger partial charge in [-0.1, -0.05) is 29.4 Å². The Balaban J connectivity index is 1.36. The number of piperidine rings is 2. The van der Waals surface area contributed by atoms with Gasteiger partial charge in [0.15, 0.2) is 0 Å². The van der Waals surface area contributed by atoms with Gasteiger partial charge in [0.05, 0.1) is 12.3 Å². The van der Waals surface area contributed by atoms with E-state index in [2.05, 4.69) is 27.2 Å². The summed E-state index contributed by atoms with van der Waals surface area (Å²) in [5, 5.41) is 16.6. The van der Waals surface area contributed by atoms with E-state index >= 15 is 0 Å². The molecule has 0 saturated carbocycles. The van der Waals surface area contributed by atoms with Crippen molar-refractivity contribution in [1.29, 1.82) is 0 Å². The van der Waals surface area contributed by atoms with Crippen molar-refractivity contribution in [2.24, 2.45) is 5.41 Å². The molecule has 150 valence electrons. The number of hydrogen-bond acceptors (Lipinski definition) is 6. The zero-order valence-corrected chi connectivity index (χ0v) is 16.2. The summed E-state index contributed by atoms with van der Waals surface area (Å²) in [6.45, 7) is 2.74. The van der Waals surface area contributed by atoms with E-state index in [1.54, 1.807) is 6.07 Å². The van der Waals surface area contributed by atoms with Crippen LogP contribution in [0.3, 0.4) is 0 Å². The van der Waals surface area contributed by atoms with Gasteiger partial charge in [0.1, 0.15) is 5.82 Å². The average molecular weight is 392 g/mol. The summed E-state index contributed by atoms with van der Waals surface area (Å²) in [4.78, 5) is 21.3. The third-order valence-corrected chi connectivity index (χ3v) is 6.34. The molecule has 3 aromatic rings. The molecule has 2 fully saturated rings. The maximum atomic E-state index is 12.6. The molecule has 29 heavy (non-hydrogen) atoms. The lowest BCUT2D eigenvalue weighted by atomic mass is 9.71. The van der Waals surface area contributed by atoms with Crippen LogP contribution in [0.2, 0.25) is 0 Å². The van der Waals surface area contributed by atoms with Crippen LogP contribution in [0.25, 0.3) is 10.8 Å². The number of β-amino-alcohol motifs (C(OH)–C–C–N with tert-alkyl or cyclic N) is 1. The minimum atomic E-state index is -0.402. The molecule has 0 aliphatic carbocycles. The summed E-state index contributed by atoms with van der Waals surface area (Å²) >= 11 is 0. The van der Waals surface area contributed by atoms with Gasteiger partial charge in [-0.25, -0.2) is 4.98 Å². The molecule has 7 nitrogen and oxygen atoms in total. The largest absolute Gasteiger partial charge is 0.391 e. The number of anilines is 1. The van der Waals surface area contributed by atoms with E-state index < -0.39 is 6.10 Å². The summed E-state index contributed by atoms with van der Waals surface area (Å²) in [7, 11) is 0. The van der Waals surface area contributed by atoms with Crippen molar-refractivity contribution in [2.45, 2.75) is 25.4 Å². The predicted octanol–water partition coefficient (Wildman–Crippen LogP) is 2.72. The number of benzene rings is 1. The number of aromatic nitrogens is 2. The number of hydrogen-bond donors (Lipinski definition) is 1. The first-order chi connectivity index (χ1) is 14.1. The van der Waals surface area contributed by atoms with Crippen LogP contribution in [-0.2, 0) is 0 Å². The van der Waals surface area contributed by atoms with Gasteiger partial charge >= 0.3 is 0 Å². The Morgan fingerprint density at radius 1 is 1.14 bits per heavy atom. The number of nitrogens with zero attached hydrogens (tertiary/aromatic N) is 4. The molecule has 7 heteroatoms. The number of pyridine rings is 1. The van der Waals surface area contributed by atoms with Gasteiger partial charge in [0.25, 0.3) is 5.91 Å². The Morgan fingerprint density at radius 2 is 1.97 bits per heavy atom. The van der Waals surface area contributed by atoms with E-state index in [0.717, 1.165) is 42.4 Å². The van der Waals surface area contributed by atoms with Crippen molar-refractivity contribution in [3.05, 3.63) is 54.6 Å². The van der Waals surface area contributed by atoms with Gasteiger partial charge in [0.2, 0.25) is 5.76 Å². The molecule has 4 heterocycles. The van der Waals surface area contributed by atoms with E-state index in [9.17, 15) is 9.90 Å². The number of likely N-dealkylation sites (tertiary alicyclic amines) is 1. The minimum absolute atomic E-state index is 0.0194. The smallest absolute Gasteiger partial charge is 0.292 e. The Bertz CT molecular complexity index is 1010. The highest BCUT2D eigenvalue weighted by Crippen LogP contribution is 2.42. The lowest BCUT2D eigenvalue weighted by molar-refractivity contribution is 0.0231. The van der Waals surface area contributed by atoms with Crippen LogP contribution in [0.5, 0.6) is 0 Å². The first kappa shape index (κ1) is 18.1. The van der Waals surface area contributed by atoms with Crippen LogP contribution in [-0.4, -0.2) is 58.3 Å². The van der Waals surface area contributed by atoms with Gasteiger partial charge < -0.3 is 19.4 Å². The topological polar surface area (TPSA) is 82.7 Å². The van der Waals surface area contributed by atoms with Crippen molar-refractivity contribution >= 4 is 22.5 Å². The predicted molar refractivity (Wildman–Crippen MR) is 109 cm³/mol. The zero-order valence-electron chi connectivity index (χ0n) is 16.2. The Kier molecular flexibility index (Phi) is 4.47. The Labute approximate surface area is 168 Å². The van der Waals surface area contributed by atoms with Crippen molar-refractivity contribution in [1.82, 2.24) is 15.0 Å². The molecular weight excluding hydrogens is 368 g/mol. The standard InChI is InChI=1S/C22H24N4O3/c27-17-13-22(7-11-25(12-8-22)21(28)19-6-10-24-29-19)15-26(14-17)20-18-4-2-1-3-16(18)5-9-23-20/h1-6,9-10,17,27H,7-8,11-15H2. The first-order valence-corrected chi connectivity index (χ1v) is 10.1. The molecular formula is C22H24N4O3. The number of aliphatic hydroxyl groups is 1. The van der Waals surface area contributed by atoms with Gasteiger partial charge in [-0.3, -0.25) is 4.79 Å². The fourth-order valence-corrected chi connectivity index (χ4v) is 4.90. The number of aliphatic hydroxyl groups excluding tert-OH is 1. The molecule has 1 atom stereocenters. The van der Waals surface area contributed by atoms with Gasteiger partial charge in [-0.2, -0.15) is 0 Å². The van der Waals surface area contributed by atoms with Crippen LogP contribution in [0.4, 0.5) is 5.82 Å². The third-order valence-electron chi connectivity index (χ3n) is 6.34. The lowest BCUT2D eigenvalue weighted by Gasteiger charge is -2.49. The van der Waals surface area contributed by atoms with E-state index in [4.69, 9.17) is 4.52 Å². The highest BCUT2D eigenvalue weighted by Gasteiger charge is 2.43. The second-order valence-electron chi connectivity index (χ2n) is 8.26. The van der Waals surface area contributed by atoms with Crippen LogP contribution in [0.15, 0.2) is 53.3 Å². The number of rotatable bonds is 2. The molecule has 2 aromatic heterocycles. The molecule has 0 radical (unpaired) electrons. The summed E-state index contributed by atoms with van der Waals surface area (Å²) in [6.07, 6.45) is 5.39. The summed E-state index contributed by atoms with van der Waals surface area (Å²) in [6, 6.07) is 11.8. The van der Waals surface area contributed by atoms with Crippen molar-refractivity contribution in [3.8, 4) is 0 Å². The molecule has 1 amide bonds. The van der Waals surface area contributed by atoms with Crippen LogP contribution < -0.4 is 4.90 Å². The van der Waals surface area contributed by atoms with Gasteiger partial charge in [0, 0.05) is 43.8 Å². The average Bonchev–Trinajstić information content (AvgIpc) is 3.28. The lowest BCUT2D eigenvalue weighted by Crippen LogP contribution is -2.54. The highest BCUT2D eigenvalue weighted by atomic mass is 16.5. The van der Waals surface area contributed by atoms with E-state index in [-0.39, 0.29) is 17.1 Å². The molecule has 5 rings (SSSR count). The van der Waals surface area contributed by atoms with Gasteiger partial charge in [-0.15, -0.1) is 0 Å². The van der Waals surface area contributed by atoms with E-state index in [0.29, 0.717) is 19.6 Å². The zero-order chi connectivity index (χ0) is 19.8. The molecule has 1 aromatic carbocycles. The Morgan fingerprint density at radius 3 is 2.76 bits per heavy atom. The maximum absolute atomic E-state index is 12.6. The number of carbonyl (C=O) groups excluding carboxylic acids is 1. The van der Waals surface area contributed by atoms with Crippen LogP contribution in [0.1, 0.15) is 29.8 Å². The molecule has 1 spiro atoms. The summed E-state index contributed by atoms with van der Waals surface area (Å²) in [5.74, 6) is 1.11. The minimum Gasteiger partial charge on any atom is -0.391 e. The fraction of sp³-hybridized carbons (Fsp3) is 0.409. The SMILES string of the molecule is O=C(c1ccno1)N1CCC2(CC1)CC(O)CN(c1nccc3ccccc13)C2. The molecule has 2 saturated heterocycles. The normalized spacial score (nSPS) is 21.6. The molecule has 1 N–H and O–H groups in total. The highest BCUT2D eigenvalue weighted by molar-refractivity contribution is 5.92. The Hall–Kier alpha value is -2.93. The monoisotopic (exact) mass is 392 g/mol. The number of carbonyl (C=O) groups is 1. The molecule has 2 aliphatic rings. The molecule has 0 bridgehead atoms. The summed E-state index contributed by atoms with van der Waals surface area (Å²) in [5.41, 5.74) is -0.0194. The number of fused-ring (bicyclic) bond motifs is 1. The first-order valence-electron chi connectivity index (χ1n) is 10.1. The van der Waals surface area contributed by atoms with Crippen molar-refractivity contribution < 1.29 is 14.4 Å². The van der Waals surface area contributed by atoms with Crippen molar-refractivity contribution in [3.63, 3.8) is 0 Å². The fourth-order valence-electron chi connectivity index (χ4n) is 4.90. The van der Waals surface area contributed by atoms with E-state index in [1.807, 2.05) is 29.3 Å². The second-order valence-corrected chi connectivity index (χ2v) is 8.26. The quantitative estimate of drug-likeness (QED) is 0.722. The maximum Gasteiger partial charge on any atom is 0.292 e. The third kappa shape index (κ3) is 3.35. The van der Waals surface area contributed by atoms with Crippen LogP contribution >= 0.6 is 0 Å². The van der Waals surface area contributed by atoms with Gasteiger partial charge in [-0.05, 0) is 36.1 Å². The van der Waals surface area contributed by atoms with Crippen molar-refractivity contribution in [2.75, 3.05) is 31.1 Å². The second kappa shape index (κ2) is 7.15. The van der Waals surface area contributed by atoms with Crippen LogP contribution in [0, 0.1) is 5.41 Å². The molecule has 1 unspecified atom stereocenters. The van der Waals surface area contributed by atoms with E-state index in [1.165, 1.54) is 6.20 Å². The number of amides is 1. The molecule has 2 aliphatic heterocycles. The summed E-state index contributed by atoms with van der Waals surface area (Å²) < 4.78 is 5.02.